The van der Waals surface area contributed by atoms with Gasteiger partial charge in [-0.25, -0.2) is 4.68 Å². The van der Waals surface area contributed by atoms with Crippen molar-refractivity contribution >= 4 is 11.7 Å². The van der Waals surface area contributed by atoms with Gasteiger partial charge >= 0.3 is 0 Å². The normalized spacial score (nSPS) is 10.1. The number of ether oxygens (including phenoxy) is 1. The van der Waals surface area contributed by atoms with Gasteiger partial charge in [-0.05, 0) is 24.3 Å². The van der Waals surface area contributed by atoms with Crippen LogP contribution in [0.2, 0.25) is 0 Å². The SMILES string of the molecule is COc1ccc(-n2[nH]c(NC(C)=O)cc2=O)cc1. The lowest BCUT2D eigenvalue weighted by molar-refractivity contribution is -0.114. The second-order valence-electron chi connectivity index (χ2n) is 3.72. The van der Waals surface area contributed by atoms with Gasteiger partial charge in [-0.3, -0.25) is 14.7 Å². The van der Waals surface area contributed by atoms with Gasteiger partial charge in [0.25, 0.3) is 5.56 Å². The van der Waals surface area contributed by atoms with E-state index in [4.69, 9.17) is 4.74 Å². The number of aromatic amines is 1. The van der Waals surface area contributed by atoms with Crippen molar-refractivity contribution in [3.05, 3.63) is 40.7 Å². The van der Waals surface area contributed by atoms with E-state index < -0.39 is 0 Å². The Morgan fingerprint density at radius 1 is 1.33 bits per heavy atom. The summed E-state index contributed by atoms with van der Waals surface area (Å²) < 4.78 is 6.38. The average molecular weight is 247 g/mol. The zero-order chi connectivity index (χ0) is 13.1. The Labute approximate surface area is 103 Å². The second kappa shape index (κ2) is 4.79. The monoisotopic (exact) mass is 247 g/mol. The number of carbonyl (C=O) groups excluding carboxylic acids is 1. The molecule has 2 rings (SSSR count). The second-order valence-corrected chi connectivity index (χ2v) is 3.72. The van der Waals surface area contributed by atoms with Crippen molar-refractivity contribution in [3.8, 4) is 11.4 Å². The topological polar surface area (TPSA) is 76.1 Å². The molecule has 0 aliphatic heterocycles. The van der Waals surface area contributed by atoms with Gasteiger partial charge in [0.05, 0.1) is 12.8 Å². The third kappa shape index (κ3) is 2.42. The van der Waals surface area contributed by atoms with Crippen molar-refractivity contribution < 1.29 is 9.53 Å². The van der Waals surface area contributed by atoms with E-state index in [1.807, 2.05) is 0 Å². The molecule has 6 heteroatoms. The minimum absolute atomic E-state index is 0.238. The highest BCUT2D eigenvalue weighted by molar-refractivity contribution is 5.87. The number of methoxy groups -OCH3 is 1. The molecule has 0 aliphatic rings. The smallest absolute Gasteiger partial charge is 0.273 e. The van der Waals surface area contributed by atoms with Crippen LogP contribution in [-0.4, -0.2) is 22.8 Å². The molecule has 0 atom stereocenters. The lowest BCUT2D eigenvalue weighted by atomic mass is 10.3. The standard InChI is InChI=1S/C12H13N3O3/c1-8(16)13-11-7-12(17)15(14-11)9-3-5-10(18-2)6-4-9/h3-7,14H,1-2H3,(H,13,16). The highest BCUT2D eigenvalue weighted by Gasteiger charge is 2.06. The van der Waals surface area contributed by atoms with Crippen molar-refractivity contribution in [2.75, 3.05) is 12.4 Å². The van der Waals surface area contributed by atoms with Crippen LogP contribution in [0.25, 0.3) is 5.69 Å². The quantitative estimate of drug-likeness (QED) is 0.853. The summed E-state index contributed by atoms with van der Waals surface area (Å²) in [6, 6.07) is 8.32. The molecule has 94 valence electrons. The van der Waals surface area contributed by atoms with Gasteiger partial charge in [0.15, 0.2) is 0 Å². The molecule has 1 aromatic carbocycles. The molecule has 0 fully saturated rings. The van der Waals surface area contributed by atoms with E-state index in [9.17, 15) is 9.59 Å². The molecule has 0 spiro atoms. The average Bonchev–Trinajstić information content (AvgIpc) is 2.69. The molecule has 2 N–H and O–H groups in total. The van der Waals surface area contributed by atoms with Crippen LogP contribution in [0.15, 0.2) is 35.1 Å². The molecule has 2 aromatic rings. The van der Waals surface area contributed by atoms with Crippen molar-refractivity contribution in [3.63, 3.8) is 0 Å². The van der Waals surface area contributed by atoms with Gasteiger partial charge in [-0.2, -0.15) is 0 Å². The van der Waals surface area contributed by atoms with Crippen LogP contribution in [0.4, 0.5) is 5.82 Å². The largest absolute Gasteiger partial charge is 0.497 e. The minimum Gasteiger partial charge on any atom is -0.497 e. The molecular weight excluding hydrogens is 234 g/mol. The van der Waals surface area contributed by atoms with E-state index in [1.165, 1.54) is 17.7 Å². The van der Waals surface area contributed by atoms with Crippen LogP contribution in [0.5, 0.6) is 5.75 Å². The fourth-order valence-electron chi connectivity index (χ4n) is 1.57. The number of benzene rings is 1. The maximum absolute atomic E-state index is 11.7. The number of H-pyrrole nitrogens is 1. The summed E-state index contributed by atoms with van der Waals surface area (Å²) >= 11 is 0. The predicted molar refractivity (Wildman–Crippen MR) is 67.2 cm³/mol. The fraction of sp³-hybridized carbons (Fsp3) is 0.167. The third-order valence-corrected chi connectivity index (χ3v) is 2.36. The Balaban J connectivity index is 2.34. The number of amides is 1. The van der Waals surface area contributed by atoms with E-state index in [0.29, 0.717) is 17.3 Å². The number of nitrogens with zero attached hydrogens (tertiary/aromatic N) is 1. The van der Waals surface area contributed by atoms with E-state index in [2.05, 4.69) is 10.4 Å². The summed E-state index contributed by atoms with van der Waals surface area (Å²) in [4.78, 5) is 22.6. The highest BCUT2D eigenvalue weighted by Crippen LogP contribution is 2.13. The molecule has 0 saturated carbocycles. The first kappa shape index (κ1) is 12.0. The van der Waals surface area contributed by atoms with E-state index in [0.717, 1.165) is 0 Å². The molecule has 1 aromatic heterocycles. The number of carbonyl (C=O) groups is 1. The molecule has 0 unspecified atom stereocenters. The Morgan fingerprint density at radius 3 is 2.56 bits per heavy atom. The van der Waals surface area contributed by atoms with Crippen molar-refractivity contribution in [1.82, 2.24) is 9.78 Å². The Kier molecular flexibility index (Phi) is 3.18. The summed E-state index contributed by atoms with van der Waals surface area (Å²) in [5.41, 5.74) is 0.418. The number of anilines is 1. The molecule has 1 heterocycles. The summed E-state index contributed by atoms with van der Waals surface area (Å²) in [5.74, 6) is 0.835. The number of hydrogen-bond acceptors (Lipinski definition) is 3. The number of hydrogen-bond donors (Lipinski definition) is 2. The number of nitrogens with one attached hydrogen (secondary N) is 2. The maximum atomic E-state index is 11.7. The van der Waals surface area contributed by atoms with Crippen LogP contribution < -0.4 is 15.6 Å². The first-order chi connectivity index (χ1) is 8.60. The first-order valence-corrected chi connectivity index (χ1v) is 5.34. The molecule has 0 aliphatic carbocycles. The van der Waals surface area contributed by atoms with E-state index in [-0.39, 0.29) is 11.5 Å². The Bertz CT molecular complexity index is 610. The van der Waals surface area contributed by atoms with Crippen molar-refractivity contribution in [2.24, 2.45) is 0 Å². The van der Waals surface area contributed by atoms with Gasteiger partial charge < -0.3 is 10.1 Å². The van der Waals surface area contributed by atoms with Crippen LogP contribution in [-0.2, 0) is 4.79 Å². The predicted octanol–water partition coefficient (Wildman–Crippen LogP) is 1.13. The molecule has 0 saturated heterocycles. The maximum Gasteiger partial charge on any atom is 0.273 e. The molecule has 18 heavy (non-hydrogen) atoms. The minimum atomic E-state index is -0.246. The van der Waals surface area contributed by atoms with E-state index in [1.54, 1.807) is 31.4 Å². The Morgan fingerprint density at radius 2 is 2.00 bits per heavy atom. The summed E-state index contributed by atoms with van der Waals surface area (Å²) in [6.45, 7) is 1.38. The summed E-state index contributed by atoms with van der Waals surface area (Å²) in [6.07, 6.45) is 0. The molecule has 0 radical (unpaired) electrons. The fourth-order valence-corrected chi connectivity index (χ4v) is 1.57. The summed E-state index contributed by atoms with van der Waals surface area (Å²) in [7, 11) is 1.57. The lowest BCUT2D eigenvalue weighted by Crippen LogP contribution is -2.13. The number of rotatable bonds is 3. The van der Waals surface area contributed by atoms with Crippen molar-refractivity contribution in [1.29, 1.82) is 0 Å². The van der Waals surface area contributed by atoms with Crippen LogP contribution in [0, 0.1) is 0 Å². The van der Waals surface area contributed by atoms with Gasteiger partial charge in [0.1, 0.15) is 11.6 Å². The van der Waals surface area contributed by atoms with Gasteiger partial charge in [0.2, 0.25) is 5.91 Å². The first-order valence-electron chi connectivity index (χ1n) is 5.34. The van der Waals surface area contributed by atoms with E-state index >= 15 is 0 Å². The molecular formula is C12H13N3O3. The van der Waals surface area contributed by atoms with Crippen LogP contribution in [0.3, 0.4) is 0 Å². The zero-order valence-corrected chi connectivity index (χ0v) is 10.1. The lowest BCUT2D eigenvalue weighted by Gasteiger charge is -2.04. The molecule has 0 bridgehead atoms. The van der Waals surface area contributed by atoms with Crippen LogP contribution in [0.1, 0.15) is 6.92 Å². The van der Waals surface area contributed by atoms with Gasteiger partial charge in [0, 0.05) is 13.0 Å². The highest BCUT2D eigenvalue weighted by atomic mass is 16.5. The molecule has 1 amide bonds. The third-order valence-electron chi connectivity index (χ3n) is 2.36. The molecule has 6 nitrogen and oxygen atoms in total. The Hall–Kier alpha value is -2.50. The number of aromatic nitrogens is 2. The zero-order valence-electron chi connectivity index (χ0n) is 10.1. The van der Waals surface area contributed by atoms with Crippen molar-refractivity contribution in [2.45, 2.75) is 6.92 Å². The summed E-state index contributed by atoms with van der Waals surface area (Å²) in [5, 5.41) is 5.32. The van der Waals surface area contributed by atoms with Crippen LogP contribution >= 0.6 is 0 Å². The van der Waals surface area contributed by atoms with Gasteiger partial charge in [-0.15, -0.1) is 0 Å². The van der Waals surface area contributed by atoms with Gasteiger partial charge in [-0.1, -0.05) is 0 Å².